The highest BCUT2D eigenvalue weighted by Crippen LogP contribution is 2.38. The number of sulfonamides is 1. The molecule has 162 valence electrons. The minimum absolute atomic E-state index is 0.0131. The van der Waals surface area contributed by atoms with E-state index in [0.29, 0.717) is 17.1 Å². The van der Waals surface area contributed by atoms with Crippen molar-refractivity contribution in [2.45, 2.75) is 51.0 Å². The normalized spacial score (nSPS) is 20.1. The first-order valence-corrected chi connectivity index (χ1v) is 12.7. The van der Waals surface area contributed by atoms with Crippen molar-refractivity contribution in [2.24, 2.45) is 0 Å². The molecular weight excluding hydrogens is 414 g/mol. The number of aryl methyl sites for hydroxylation is 1. The molecule has 0 radical (unpaired) electrons. The van der Waals surface area contributed by atoms with Gasteiger partial charge >= 0.3 is 5.97 Å². The Balaban J connectivity index is 1.69. The van der Waals surface area contributed by atoms with E-state index >= 15 is 0 Å². The van der Waals surface area contributed by atoms with Crippen LogP contribution in [0.1, 0.15) is 52.9 Å². The number of ether oxygens (including phenoxy) is 1. The number of thiophene rings is 1. The zero-order valence-corrected chi connectivity index (χ0v) is 18.6. The highest BCUT2D eigenvalue weighted by molar-refractivity contribution is 7.88. The van der Waals surface area contributed by atoms with Crippen LogP contribution in [0.5, 0.6) is 0 Å². The number of piperidine rings is 1. The van der Waals surface area contributed by atoms with Crippen LogP contribution >= 0.6 is 11.3 Å². The molecule has 0 saturated carbocycles. The lowest BCUT2D eigenvalue weighted by Gasteiger charge is -2.35. The summed E-state index contributed by atoms with van der Waals surface area (Å²) in [5, 5.41) is 3.49. The van der Waals surface area contributed by atoms with E-state index in [0.717, 1.165) is 68.2 Å². The Hall–Kier alpha value is -1.49. The quantitative estimate of drug-likeness (QED) is 0.622. The summed E-state index contributed by atoms with van der Waals surface area (Å²) in [6.45, 7) is 1.21. The van der Waals surface area contributed by atoms with Gasteiger partial charge in [-0.3, -0.25) is 9.69 Å². The second kappa shape index (κ2) is 9.55. The molecule has 2 heterocycles. The number of fused-ring (bicyclic) bond motifs is 1. The number of hydrogen-bond acceptors (Lipinski definition) is 7. The van der Waals surface area contributed by atoms with Crippen molar-refractivity contribution in [3.8, 4) is 0 Å². The molecule has 0 aromatic carbocycles. The number of methoxy groups -OCH3 is 1. The summed E-state index contributed by atoms with van der Waals surface area (Å²) in [6.07, 6.45) is 7.84. The fourth-order valence-corrected chi connectivity index (χ4v) is 5.86. The number of esters is 1. The Bertz CT molecular complexity index is 865. The van der Waals surface area contributed by atoms with Crippen LogP contribution in [0.3, 0.4) is 0 Å². The van der Waals surface area contributed by atoms with Gasteiger partial charge in [0.15, 0.2) is 0 Å². The number of amides is 1. The monoisotopic (exact) mass is 443 g/mol. The molecule has 0 bridgehead atoms. The van der Waals surface area contributed by atoms with Gasteiger partial charge in [-0.15, -0.1) is 11.3 Å². The largest absolute Gasteiger partial charge is 0.465 e. The molecule has 0 spiro atoms. The van der Waals surface area contributed by atoms with Crippen molar-refractivity contribution in [1.82, 2.24) is 9.62 Å². The molecule has 2 N–H and O–H groups in total. The Morgan fingerprint density at radius 2 is 1.97 bits per heavy atom. The van der Waals surface area contributed by atoms with Gasteiger partial charge in [0.25, 0.3) is 0 Å². The SMILES string of the molecule is COC(=O)c1c(NC(=O)CN2CCCC[C@@H]2CNS(C)(=O)=O)sc2c1CCCC2. The summed E-state index contributed by atoms with van der Waals surface area (Å²) in [5.41, 5.74) is 1.51. The van der Waals surface area contributed by atoms with Gasteiger partial charge in [-0.1, -0.05) is 6.42 Å². The zero-order chi connectivity index (χ0) is 21.0. The Labute approximate surface area is 176 Å². The number of likely N-dealkylation sites (tertiary alicyclic amines) is 1. The van der Waals surface area contributed by atoms with Crippen LogP contribution in [0.2, 0.25) is 0 Å². The van der Waals surface area contributed by atoms with E-state index in [1.807, 2.05) is 4.90 Å². The number of carbonyl (C=O) groups is 2. The fraction of sp³-hybridized carbons (Fsp3) is 0.684. The molecule has 1 saturated heterocycles. The molecule has 2 aliphatic rings. The molecule has 8 nitrogen and oxygen atoms in total. The number of carbonyl (C=O) groups excluding carboxylic acids is 2. The van der Waals surface area contributed by atoms with Crippen LogP contribution in [0.25, 0.3) is 0 Å². The standard InChI is InChI=1S/C19H29N3O5S2/c1-27-19(24)17-14-8-3-4-9-15(14)28-18(17)21-16(23)12-22-10-6-5-7-13(22)11-20-29(2,25)26/h13,20H,3-12H2,1-2H3,(H,21,23)/t13-/m1/s1. The second-order valence-corrected chi connectivity index (χ2v) is 10.6. The third-order valence-electron chi connectivity index (χ3n) is 5.49. The molecule has 1 amide bonds. The molecule has 1 aromatic rings. The lowest BCUT2D eigenvalue weighted by atomic mass is 9.95. The summed E-state index contributed by atoms with van der Waals surface area (Å²) in [5.74, 6) is -0.604. The van der Waals surface area contributed by atoms with Gasteiger partial charge in [-0.2, -0.15) is 0 Å². The van der Waals surface area contributed by atoms with E-state index in [2.05, 4.69) is 10.0 Å². The van der Waals surface area contributed by atoms with E-state index in [1.165, 1.54) is 18.4 Å². The van der Waals surface area contributed by atoms with Gasteiger partial charge in [0.1, 0.15) is 5.00 Å². The minimum Gasteiger partial charge on any atom is -0.465 e. The highest BCUT2D eigenvalue weighted by Gasteiger charge is 2.29. The van der Waals surface area contributed by atoms with E-state index in [9.17, 15) is 18.0 Å². The predicted octanol–water partition coefficient (Wildman–Crippen LogP) is 1.76. The average molecular weight is 444 g/mol. The third kappa shape index (κ3) is 5.78. The van der Waals surface area contributed by atoms with Gasteiger partial charge in [-0.25, -0.2) is 17.9 Å². The van der Waals surface area contributed by atoms with Crippen LogP contribution in [0, 0.1) is 0 Å². The fourth-order valence-electron chi connectivity index (χ4n) is 4.07. The zero-order valence-electron chi connectivity index (χ0n) is 17.0. The number of rotatable bonds is 7. The van der Waals surface area contributed by atoms with Gasteiger partial charge in [0, 0.05) is 17.5 Å². The molecule has 0 unspecified atom stereocenters. The Morgan fingerprint density at radius 1 is 1.21 bits per heavy atom. The Morgan fingerprint density at radius 3 is 2.69 bits per heavy atom. The topological polar surface area (TPSA) is 105 Å². The summed E-state index contributed by atoms with van der Waals surface area (Å²) >= 11 is 1.47. The molecule has 1 aliphatic carbocycles. The summed E-state index contributed by atoms with van der Waals surface area (Å²) < 4.78 is 30.3. The average Bonchev–Trinajstić information content (AvgIpc) is 3.03. The molecule has 1 aromatic heterocycles. The molecule has 1 atom stereocenters. The van der Waals surface area contributed by atoms with E-state index < -0.39 is 16.0 Å². The second-order valence-electron chi connectivity index (χ2n) is 7.70. The van der Waals surface area contributed by atoms with Crippen molar-refractivity contribution in [3.63, 3.8) is 0 Å². The van der Waals surface area contributed by atoms with Crippen molar-refractivity contribution >= 4 is 38.2 Å². The van der Waals surface area contributed by atoms with Crippen LogP contribution in [0.15, 0.2) is 0 Å². The third-order valence-corrected chi connectivity index (χ3v) is 7.39. The maximum Gasteiger partial charge on any atom is 0.341 e. The minimum atomic E-state index is -3.27. The van der Waals surface area contributed by atoms with E-state index in [4.69, 9.17) is 4.74 Å². The molecule has 1 aliphatic heterocycles. The molecule has 10 heteroatoms. The lowest BCUT2D eigenvalue weighted by molar-refractivity contribution is -0.118. The first-order chi connectivity index (χ1) is 13.8. The van der Waals surface area contributed by atoms with Crippen molar-refractivity contribution in [1.29, 1.82) is 0 Å². The van der Waals surface area contributed by atoms with Crippen LogP contribution in [-0.2, 0) is 32.4 Å². The van der Waals surface area contributed by atoms with Gasteiger partial charge < -0.3 is 10.1 Å². The molecular formula is C19H29N3O5S2. The number of anilines is 1. The number of nitrogens with one attached hydrogen (secondary N) is 2. The van der Waals surface area contributed by atoms with Gasteiger partial charge in [0.2, 0.25) is 15.9 Å². The lowest BCUT2D eigenvalue weighted by Crippen LogP contribution is -2.49. The Kier molecular flexibility index (Phi) is 7.31. The van der Waals surface area contributed by atoms with Gasteiger partial charge in [-0.05, 0) is 50.6 Å². The number of hydrogen-bond donors (Lipinski definition) is 2. The maximum atomic E-state index is 12.8. The number of nitrogens with zero attached hydrogens (tertiary/aromatic N) is 1. The van der Waals surface area contributed by atoms with Crippen molar-refractivity contribution in [3.05, 3.63) is 16.0 Å². The first kappa shape index (κ1) is 22.2. The van der Waals surface area contributed by atoms with Crippen molar-refractivity contribution in [2.75, 3.05) is 38.3 Å². The molecule has 1 fully saturated rings. The van der Waals surface area contributed by atoms with Gasteiger partial charge in [0.05, 0.1) is 25.5 Å². The predicted molar refractivity (Wildman–Crippen MR) is 113 cm³/mol. The highest BCUT2D eigenvalue weighted by atomic mass is 32.2. The van der Waals surface area contributed by atoms with E-state index in [-0.39, 0.29) is 18.5 Å². The van der Waals surface area contributed by atoms with Crippen molar-refractivity contribution < 1.29 is 22.7 Å². The van der Waals surface area contributed by atoms with Crippen LogP contribution < -0.4 is 10.0 Å². The summed E-state index contributed by atoms with van der Waals surface area (Å²) in [7, 11) is -1.92. The van der Waals surface area contributed by atoms with Crippen LogP contribution in [0.4, 0.5) is 5.00 Å². The molecule has 3 rings (SSSR count). The molecule has 29 heavy (non-hydrogen) atoms. The van der Waals surface area contributed by atoms with Crippen LogP contribution in [-0.4, -0.2) is 64.2 Å². The smallest absolute Gasteiger partial charge is 0.341 e. The summed E-state index contributed by atoms with van der Waals surface area (Å²) in [6, 6.07) is -0.0131. The first-order valence-electron chi connectivity index (χ1n) is 10.00. The van der Waals surface area contributed by atoms with E-state index in [1.54, 1.807) is 0 Å². The summed E-state index contributed by atoms with van der Waals surface area (Å²) in [4.78, 5) is 28.3. The maximum absolute atomic E-state index is 12.8.